The molecule has 3 rings (SSSR count). The Morgan fingerprint density at radius 1 is 1.26 bits per heavy atom. The van der Waals surface area contributed by atoms with Crippen LogP contribution in [-0.4, -0.2) is 38.6 Å². The summed E-state index contributed by atoms with van der Waals surface area (Å²) in [5.74, 6) is 2.15. The number of ether oxygens (including phenoxy) is 1. The lowest BCUT2D eigenvalue weighted by molar-refractivity contribution is -0.128. The van der Waals surface area contributed by atoms with Gasteiger partial charge in [-0.3, -0.25) is 9.20 Å². The third-order valence-electron chi connectivity index (χ3n) is 4.25. The summed E-state index contributed by atoms with van der Waals surface area (Å²) in [7, 11) is 0. The monoisotopic (exact) mass is 384 g/mol. The molecule has 2 heterocycles. The maximum Gasteiger partial charge on any atom is 0.261 e. The van der Waals surface area contributed by atoms with Gasteiger partial charge in [-0.1, -0.05) is 18.2 Å². The van der Waals surface area contributed by atoms with Gasteiger partial charge in [0, 0.05) is 6.20 Å². The molecule has 0 bridgehead atoms. The molecule has 142 valence electrons. The Morgan fingerprint density at radius 3 is 2.89 bits per heavy atom. The zero-order valence-corrected chi connectivity index (χ0v) is 16.6. The Bertz CT molecular complexity index is 912. The zero-order valence-electron chi connectivity index (χ0n) is 15.8. The minimum absolute atomic E-state index is 0.171. The molecule has 1 aromatic carbocycles. The third kappa shape index (κ3) is 4.80. The molecular formula is C20H24N4O2S. The number of hydrogen-bond acceptors (Lipinski definition) is 5. The van der Waals surface area contributed by atoms with Gasteiger partial charge in [0.1, 0.15) is 5.75 Å². The van der Waals surface area contributed by atoms with Crippen LogP contribution in [0.15, 0.2) is 48.7 Å². The molecule has 0 saturated heterocycles. The summed E-state index contributed by atoms with van der Waals surface area (Å²) in [6.45, 7) is 3.75. The second-order valence-electron chi connectivity index (χ2n) is 6.41. The average Bonchev–Trinajstić information content (AvgIpc) is 3.09. The topological polar surface area (TPSA) is 68.5 Å². The maximum atomic E-state index is 12.7. The van der Waals surface area contributed by atoms with Gasteiger partial charge in [-0.15, -0.1) is 10.2 Å². The molecule has 3 aromatic rings. The van der Waals surface area contributed by atoms with Crippen LogP contribution in [0.4, 0.5) is 0 Å². The van der Waals surface area contributed by atoms with Gasteiger partial charge in [-0.2, -0.15) is 11.8 Å². The Hall–Kier alpha value is -2.54. The first-order valence-electron chi connectivity index (χ1n) is 8.91. The van der Waals surface area contributed by atoms with E-state index in [0.29, 0.717) is 5.75 Å². The summed E-state index contributed by atoms with van der Waals surface area (Å²) in [5.41, 5.74) is 1.85. The van der Waals surface area contributed by atoms with E-state index in [2.05, 4.69) is 15.5 Å². The lowest BCUT2D eigenvalue weighted by atomic mass is 10.2. The molecule has 2 atom stereocenters. The molecule has 0 spiro atoms. The molecule has 0 fully saturated rings. The number of pyridine rings is 1. The quantitative estimate of drug-likeness (QED) is 0.644. The molecule has 0 radical (unpaired) electrons. The van der Waals surface area contributed by atoms with Crippen LogP contribution in [-0.2, 0) is 4.79 Å². The summed E-state index contributed by atoms with van der Waals surface area (Å²) in [6, 6.07) is 13.2. The molecule has 7 heteroatoms. The van der Waals surface area contributed by atoms with Crippen molar-refractivity contribution < 1.29 is 9.53 Å². The van der Waals surface area contributed by atoms with Crippen molar-refractivity contribution in [3.8, 4) is 5.75 Å². The lowest BCUT2D eigenvalue weighted by Crippen LogP contribution is -2.39. The van der Waals surface area contributed by atoms with Gasteiger partial charge >= 0.3 is 0 Å². The summed E-state index contributed by atoms with van der Waals surface area (Å²) < 4.78 is 7.72. The highest BCUT2D eigenvalue weighted by atomic mass is 32.2. The number of aromatic nitrogens is 3. The predicted molar refractivity (Wildman–Crippen MR) is 108 cm³/mol. The largest absolute Gasteiger partial charge is 0.481 e. The third-order valence-corrected chi connectivity index (χ3v) is 4.89. The lowest BCUT2D eigenvalue weighted by Gasteiger charge is -2.20. The molecule has 0 saturated carbocycles. The molecule has 2 aromatic heterocycles. The fraction of sp³-hybridized carbons (Fsp3) is 0.350. The van der Waals surface area contributed by atoms with Gasteiger partial charge in [0.15, 0.2) is 17.6 Å². The number of hydrogen-bond donors (Lipinski definition) is 1. The van der Waals surface area contributed by atoms with Gasteiger partial charge in [0.25, 0.3) is 5.91 Å². The van der Waals surface area contributed by atoms with Crippen LogP contribution in [0.5, 0.6) is 5.75 Å². The summed E-state index contributed by atoms with van der Waals surface area (Å²) in [4.78, 5) is 12.7. The molecule has 2 unspecified atom stereocenters. The number of thioether (sulfide) groups is 1. The van der Waals surface area contributed by atoms with Crippen LogP contribution >= 0.6 is 11.8 Å². The second-order valence-corrected chi connectivity index (χ2v) is 7.39. The molecular weight excluding hydrogens is 360 g/mol. The van der Waals surface area contributed by atoms with E-state index in [0.717, 1.165) is 29.2 Å². The number of benzene rings is 1. The molecule has 0 aliphatic carbocycles. The number of carbonyl (C=O) groups is 1. The van der Waals surface area contributed by atoms with Crippen molar-refractivity contribution in [2.45, 2.75) is 32.4 Å². The Morgan fingerprint density at radius 2 is 2.11 bits per heavy atom. The fourth-order valence-corrected chi connectivity index (χ4v) is 3.31. The van der Waals surface area contributed by atoms with Crippen LogP contribution in [0.25, 0.3) is 5.65 Å². The number of carbonyl (C=O) groups excluding carboxylic acids is 1. The van der Waals surface area contributed by atoms with Gasteiger partial charge < -0.3 is 10.1 Å². The van der Waals surface area contributed by atoms with Crippen LogP contribution in [0.2, 0.25) is 0 Å². The Kier molecular flexibility index (Phi) is 6.34. The zero-order chi connectivity index (χ0) is 19.2. The summed E-state index contributed by atoms with van der Waals surface area (Å²) in [6.07, 6.45) is 4.11. The molecule has 0 aliphatic heterocycles. The van der Waals surface area contributed by atoms with Crippen molar-refractivity contribution in [2.75, 3.05) is 12.0 Å². The number of amides is 1. The van der Waals surface area contributed by atoms with Crippen LogP contribution < -0.4 is 10.1 Å². The van der Waals surface area contributed by atoms with Gasteiger partial charge in [0.05, 0.1) is 6.04 Å². The first-order chi connectivity index (χ1) is 13.1. The normalized spacial score (nSPS) is 13.3. The van der Waals surface area contributed by atoms with Crippen molar-refractivity contribution in [1.29, 1.82) is 0 Å². The summed E-state index contributed by atoms with van der Waals surface area (Å²) in [5, 5.41) is 11.6. The smallest absolute Gasteiger partial charge is 0.261 e. The molecule has 1 N–H and O–H groups in total. The van der Waals surface area contributed by atoms with Crippen molar-refractivity contribution >= 4 is 23.3 Å². The van der Waals surface area contributed by atoms with Crippen molar-refractivity contribution in [3.63, 3.8) is 0 Å². The predicted octanol–water partition coefficient (Wildman–Crippen LogP) is 3.42. The SMILES string of the molecule is CSCCC(NC(=O)C(C)Oc1cccc(C)c1)c1nnc2ccccn12. The van der Waals surface area contributed by atoms with E-state index in [1.165, 1.54) is 0 Å². The fourth-order valence-electron chi connectivity index (χ4n) is 2.83. The van der Waals surface area contributed by atoms with Crippen molar-refractivity contribution in [1.82, 2.24) is 19.9 Å². The molecule has 27 heavy (non-hydrogen) atoms. The number of aryl methyl sites for hydroxylation is 1. The van der Waals surface area contributed by atoms with Crippen LogP contribution in [0.3, 0.4) is 0 Å². The minimum atomic E-state index is -0.609. The summed E-state index contributed by atoms with van der Waals surface area (Å²) >= 11 is 1.73. The Labute approximate surface area is 163 Å². The molecule has 6 nitrogen and oxygen atoms in total. The number of rotatable bonds is 8. The van der Waals surface area contributed by atoms with Gasteiger partial charge in [0.2, 0.25) is 0 Å². The van der Waals surface area contributed by atoms with E-state index in [1.807, 2.05) is 66.2 Å². The van der Waals surface area contributed by atoms with E-state index in [4.69, 9.17) is 4.74 Å². The van der Waals surface area contributed by atoms with E-state index in [9.17, 15) is 4.79 Å². The van der Waals surface area contributed by atoms with Crippen molar-refractivity contribution in [3.05, 3.63) is 60.0 Å². The maximum absolute atomic E-state index is 12.7. The van der Waals surface area contributed by atoms with E-state index in [-0.39, 0.29) is 11.9 Å². The molecule has 0 aliphatic rings. The van der Waals surface area contributed by atoms with E-state index >= 15 is 0 Å². The van der Waals surface area contributed by atoms with E-state index in [1.54, 1.807) is 18.7 Å². The van der Waals surface area contributed by atoms with E-state index < -0.39 is 6.10 Å². The standard InChI is InChI=1S/C20H24N4O2S/c1-14-7-6-8-16(13-14)26-15(2)20(25)21-17(10-12-27-3)19-23-22-18-9-4-5-11-24(18)19/h4-9,11,13,15,17H,10,12H2,1-3H3,(H,21,25). The second kappa shape index (κ2) is 8.90. The first-order valence-corrected chi connectivity index (χ1v) is 10.3. The molecule has 1 amide bonds. The highest BCUT2D eigenvalue weighted by Gasteiger charge is 2.23. The van der Waals surface area contributed by atoms with Crippen molar-refractivity contribution in [2.24, 2.45) is 0 Å². The van der Waals surface area contributed by atoms with Gasteiger partial charge in [-0.25, -0.2) is 0 Å². The number of fused-ring (bicyclic) bond motifs is 1. The first kappa shape index (κ1) is 19.2. The minimum Gasteiger partial charge on any atom is -0.481 e. The average molecular weight is 385 g/mol. The van der Waals surface area contributed by atoms with Crippen LogP contribution in [0.1, 0.15) is 30.8 Å². The highest BCUT2D eigenvalue weighted by molar-refractivity contribution is 7.98. The number of nitrogens with zero attached hydrogens (tertiary/aromatic N) is 3. The number of nitrogens with one attached hydrogen (secondary N) is 1. The highest BCUT2D eigenvalue weighted by Crippen LogP contribution is 2.19. The van der Waals surface area contributed by atoms with Crippen LogP contribution in [0, 0.1) is 6.92 Å². The Balaban J connectivity index is 1.74. The van der Waals surface area contributed by atoms with Gasteiger partial charge in [-0.05, 0) is 62.1 Å².